The normalized spacial score (nSPS) is 15.7. The fourth-order valence-corrected chi connectivity index (χ4v) is 5.26. The van der Waals surface area contributed by atoms with Crippen LogP contribution in [-0.2, 0) is 6.54 Å². The van der Waals surface area contributed by atoms with Gasteiger partial charge in [-0.2, -0.15) is 0 Å². The molecule has 1 aliphatic heterocycles. The zero-order valence-corrected chi connectivity index (χ0v) is 22.6. The number of hydrogen-bond acceptors (Lipinski definition) is 3. The third kappa shape index (κ3) is 6.20. The maximum atomic E-state index is 12.8. The van der Waals surface area contributed by atoms with Gasteiger partial charge in [-0.15, -0.1) is 0 Å². The molecule has 3 aromatic rings. The predicted molar refractivity (Wildman–Crippen MR) is 152 cm³/mol. The molecule has 2 heterocycles. The quantitative estimate of drug-likeness (QED) is 0.223. The van der Waals surface area contributed by atoms with Crippen LogP contribution in [-0.4, -0.2) is 28.9 Å². The van der Waals surface area contributed by atoms with Gasteiger partial charge in [0.05, 0.1) is 28.5 Å². The SMILES string of the molecule is C=C(CCCC[C@@H]1CCNC1)N=Cc1[nH]c(=O)n(Cc2cccc(-c3cccc(Cl)c3Cl)c2C)c1C. The highest BCUT2D eigenvalue weighted by atomic mass is 35.5. The van der Waals surface area contributed by atoms with Gasteiger partial charge >= 0.3 is 5.69 Å². The van der Waals surface area contributed by atoms with Crippen molar-refractivity contribution >= 4 is 29.4 Å². The number of rotatable bonds is 10. The predicted octanol–water partition coefficient (Wildman–Crippen LogP) is 6.92. The zero-order valence-electron chi connectivity index (χ0n) is 21.0. The summed E-state index contributed by atoms with van der Waals surface area (Å²) in [5.41, 5.74) is 6.23. The van der Waals surface area contributed by atoms with Crippen molar-refractivity contribution in [3.63, 3.8) is 0 Å². The maximum absolute atomic E-state index is 12.8. The highest BCUT2D eigenvalue weighted by Gasteiger charge is 2.15. The molecule has 5 nitrogen and oxygen atoms in total. The molecule has 1 fully saturated rings. The topological polar surface area (TPSA) is 62.2 Å². The van der Waals surface area contributed by atoms with Gasteiger partial charge in [0.2, 0.25) is 0 Å². The van der Waals surface area contributed by atoms with Crippen molar-refractivity contribution < 1.29 is 0 Å². The van der Waals surface area contributed by atoms with Crippen LogP contribution < -0.4 is 11.0 Å². The van der Waals surface area contributed by atoms with Crippen LogP contribution in [0, 0.1) is 19.8 Å². The van der Waals surface area contributed by atoms with Crippen molar-refractivity contribution in [2.24, 2.45) is 10.9 Å². The van der Waals surface area contributed by atoms with Crippen LogP contribution in [0.5, 0.6) is 0 Å². The van der Waals surface area contributed by atoms with Crippen LogP contribution in [0.2, 0.25) is 10.0 Å². The molecule has 0 spiro atoms. The minimum atomic E-state index is -0.157. The van der Waals surface area contributed by atoms with E-state index in [4.69, 9.17) is 23.2 Å². The molecule has 1 saturated heterocycles. The van der Waals surface area contributed by atoms with Crippen molar-refractivity contribution in [2.45, 2.75) is 52.5 Å². The van der Waals surface area contributed by atoms with E-state index in [1.807, 2.05) is 44.2 Å². The molecular weight excluding hydrogens is 491 g/mol. The van der Waals surface area contributed by atoms with Gasteiger partial charge in [-0.05, 0) is 81.3 Å². The molecule has 2 N–H and O–H groups in total. The minimum Gasteiger partial charge on any atom is -0.316 e. The second kappa shape index (κ2) is 12.1. The molecule has 36 heavy (non-hydrogen) atoms. The summed E-state index contributed by atoms with van der Waals surface area (Å²) in [5, 5.41) is 4.48. The van der Waals surface area contributed by atoms with Gasteiger partial charge in [-0.3, -0.25) is 9.56 Å². The molecule has 2 aromatic carbocycles. The van der Waals surface area contributed by atoms with E-state index in [-0.39, 0.29) is 5.69 Å². The molecule has 7 heteroatoms. The number of aromatic amines is 1. The summed E-state index contributed by atoms with van der Waals surface area (Å²) >= 11 is 12.7. The number of benzene rings is 2. The fraction of sp³-hybridized carbons (Fsp3) is 0.379. The number of H-pyrrole nitrogens is 1. The van der Waals surface area contributed by atoms with Gasteiger partial charge in [-0.25, -0.2) is 4.79 Å². The Labute approximate surface area is 223 Å². The van der Waals surface area contributed by atoms with Crippen LogP contribution in [0.25, 0.3) is 11.1 Å². The number of nitrogens with one attached hydrogen (secondary N) is 2. The summed E-state index contributed by atoms with van der Waals surface area (Å²) in [6, 6.07) is 11.7. The highest BCUT2D eigenvalue weighted by molar-refractivity contribution is 6.43. The number of nitrogens with zero attached hydrogens (tertiary/aromatic N) is 2. The summed E-state index contributed by atoms with van der Waals surface area (Å²) in [6.07, 6.45) is 7.45. The molecule has 0 saturated carbocycles. The van der Waals surface area contributed by atoms with E-state index in [1.165, 1.54) is 19.3 Å². The van der Waals surface area contributed by atoms with E-state index < -0.39 is 0 Å². The first-order valence-electron chi connectivity index (χ1n) is 12.6. The second-order valence-electron chi connectivity index (χ2n) is 9.64. The van der Waals surface area contributed by atoms with Crippen LogP contribution >= 0.6 is 23.2 Å². The lowest BCUT2D eigenvalue weighted by Gasteiger charge is -2.14. The van der Waals surface area contributed by atoms with E-state index in [2.05, 4.69) is 21.9 Å². The molecule has 4 rings (SSSR count). The first-order valence-corrected chi connectivity index (χ1v) is 13.4. The molecule has 0 aliphatic carbocycles. The molecule has 190 valence electrons. The second-order valence-corrected chi connectivity index (χ2v) is 10.4. The Morgan fingerprint density at radius 3 is 2.72 bits per heavy atom. The summed E-state index contributed by atoms with van der Waals surface area (Å²) < 4.78 is 1.74. The van der Waals surface area contributed by atoms with Gasteiger partial charge in [0.1, 0.15) is 0 Å². The summed E-state index contributed by atoms with van der Waals surface area (Å²) in [7, 11) is 0. The Morgan fingerprint density at radius 1 is 1.17 bits per heavy atom. The van der Waals surface area contributed by atoms with Crippen molar-refractivity contribution in [2.75, 3.05) is 13.1 Å². The largest absolute Gasteiger partial charge is 0.326 e. The van der Waals surface area contributed by atoms with E-state index in [1.54, 1.807) is 16.8 Å². The number of hydrogen-bond donors (Lipinski definition) is 2. The lowest BCUT2D eigenvalue weighted by atomic mass is 9.96. The lowest BCUT2D eigenvalue weighted by Crippen LogP contribution is -2.19. The van der Waals surface area contributed by atoms with Crippen molar-refractivity contribution in [1.29, 1.82) is 0 Å². The third-order valence-corrected chi connectivity index (χ3v) is 7.98. The number of aromatic nitrogens is 2. The zero-order chi connectivity index (χ0) is 25.7. The Balaban J connectivity index is 1.43. The highest BCUT2D eigenvalue weighted by Crippen LogP contribution is 2.36. The first-order chi connectivity index (χ1) is 17.3. The molecule has 0 unspecified atom stereocenters. The van der Waals surface area contributed by atoms with Gasteiger partial charge in [0, 0.05) is 17.0 Å². The lowest BCUT2D eigenvalue weighted by molar-refractivity contribution is 0.497. The maximum Gasteiger partial charge on any atom is 0.326 e. The molecule has 1 atom stereocenters. The van der Waals surface area contributed by atoms with Crippen LogP contribution in [0.1, 0.15) is 54.6 Å². The molecule has 0 amide bonds. The number of aliphatic imine (C=N–C) groups is 1. The van der Waals surface area contributed by atoms with E-state index >= 15 is 0 Å². The Kier molecular flexibility index (Phi) is 8.89. The number of imidazole rings is 1. The van der Waals surface area contributed by atoms with E-state index in [9.17, 15) is 4.79 Å². The van der Waals surface area contributed by atoms with Crippen LogP contribution in [0.3, 0.4) is 0 Å². The first kappa shape index (κ1) is 26.5. The summed E-state index contributed by atoms with van der Waals surface area (Å²) in [5.74, 6) is 0.820. The fourth-order valence-electron chi connectivity index (χ4n) is 4.86. The molecule has 1 aromatic heterocycles. The molecule has 1 aliphatic rings. The summed E-state index contributed by atoms with van der Waals surface area (Å²) in [4.78, 5) is 20.3. The molecule has 0 radical (unpaired) electrons. The van der Waals surface area contributed by atoms with Gasteiger partial charge in [0.15, 0.2) is 0 Å². The van der Waals surface area contributed by atoms with Crippen LogP contribution in [0.4, 0.5) is 0 Å². The molecular formula is C29H34Cl2N4O. The Hall–Kier alpha value is -2.60. The van der Waals surface area contributed by atoms with Crippen molar-refractivity contribution in [3.05, 3.63) is 91.7 Å². The standard InChI is InChI=1S/C29H34Cl2N4O/c1-19(8-4-5-9-22-14-15-32-16-22)33-17-27-21(3)35(29(36)34-27)18-23-10-6-11-24(20(23)2)25-12-7-13-26(30)28(25)31/h6-7,10-13,17,22,32H,1,4-5,8-9,14-16,18H2,2-3H3,(H,34,36)/t22-/m1/s1. The average molecular weight is 526 g/mol. The van der Waals surface area contributed by atoms with Crippen LogP contribution in [0.15, 0.2) is 58.5 Å². The van der Waals surface area contributed by atoms with Gasteiger partial charge < -0.3 is 10.3 Å². The van der Waals surface area contributed by atoms with Crippen molar-refractivity contribution in [1.82, 2.24) is 14.9 Å². The summed E-state index contributed by atoms with van der Waals surface area (Å²) in [6.45, 7) is 10.8. The van der Waals surface area contributed by atoms with E-state index in [0.29, 0.717) is 22.3 Å². The average Bonchev–Trinajstić information content (AvgIpc) is 3.47. The van der Waals surface area contributed by atoms with Crippen molar-refractivity contribution in [3.8, 4) is 11.1 Å². The Bertz CT molecular complexity index is 1320. The Morgan fingerprint density at radius 2 is 1.94 bits per heavy atom. The number of halogens is 2. The van der Waals surface area contributed by atoms with Gasteiger partial charge in [-0.1, -0.05) is 66.5 Å². The van der Waals surface area contributed by atoms with E-state index in [0.717, 1.165) is 65.5 Å². The number of unbranched alkanes of at least 4 members (excludes halogenated alkanes) is 1. The minimum absolute atomic E-state index is 0.157. The molecule has 0 bridgehead atoms. The third-order valence-electron chi connectivity index (χ3n) is 7.16. The number of allylic oxidation sites excluding steroid dienone is 1. The van der Waals surface area contributed by atoms with Gasteiger partial charge in [0.25, 0.3) is 0 Å². The monoisotopic (exact) mass is 524 g/mol. The smallest absolute Gasteiger partial charge is 0.316 e.